The Labute approximate surface area is 52.6 Å². The lowest BCUT2D eigenvalue weighted by atomic mass is 10.1. The van der Waals surface area contributed by atoms with E-state index in [2.05, 4.69) is 20.4 Å². The fourth-order valence-corrected chi connectivity index (χ4v) is 0.584. The third-order valence-corrected chi connectivity index (χ3v) is 1.31. The fourth-order valence-electron chi connectivity index (χ4n) is 0.584. The van der Waals surface area contributed by atoms with E-state index in [0.717, 1.165) is 6.42 Å². The van der Waals surface area contributed by atoms with Crippen molar-refractivity contribution in [3.8, 4) is 0 Å². The molecule has 0 spiro atoms. The Morgan fingerprint density at radius 2 is 2.25 bits per heavy atom. The van der Waals surface area contributed by atoms with Crippen LogP contribution in [0.1, 0.15) is 26.2 Å². The summed E-state index contributed by atoms with van der Waals surface area (Å²) in [6, 6.07) is 0. The summed E-state index contributed by atoms with van der Waals surface area (Å²) in [6.07, 6.45) is 5.52. The molecular weight excluding hydrogens is 96.1 g/mol. The molecule has 1 unspecified atom stereocenters. The zero-order valence-corrected chi connectivity index (χ0v) is 5.69. The van der Waals surface area contributed by atoms with E-state index in [4.69, 9.17) is 0 Å². The Morgan fingerprint density at radius 1 is 1.62 bits per heavy atom. The minimum Gasteiger partial charge on any atom is -0.103 e. The lowest BCUT2D eigenvalue weighted by Crippen LogP contribution is -1.86. The SMILES string of the molecule is [CH2]CCCC(C)C=C. The Kier molecular flexibility index (Phi) is 4.73. The van der Waals surface area contributed by atoms with Gasteiger partial charge in [0.25, 0.3) is 0 Å². The number of rotatable bonds is 4. The quantitative estimate of drug-likeness (QED) is 0.489. The van der Waals surface area contributed by atoms with E-state index < -0.39 is 0 Å². The second-order valence-electron chi connectivity index (χ2n) is 2.21. The predicted molar refractivity (Wildman–Crippen MR) is 38.6 cm³/mol. The molecule has 0 aromatic rings. The molecule has 0 aromatic heterocycles. The van der Waals surface area contributed by atoms with Crippen LogP contribution in [0.5, 0.6) is 0 Å². The van der Waals surface area contributed by atoms with Crippen LogP contribution >= 0.6 is 0 Å². The van der Waals surface area contributed by atoms with Gasteiger partial charge in [-0.3, -0.25) is 0 Å². The average Bonchev–Trinajstić information content (AvgIpc) is 1.83. The third kappa shape index (κ3) is 3.91. The second kappa shape index (κ2) is 4.89. The number of hydrogen-bond donors (Lipinski definition) is 0. The Balaban J connectivity index is 2.98. The average molecular weight is 111 g/mol. The molecule has 0 bridgehead atoms. The van der Waals surface area contributed by atoms with Crippen molar-refractivity contribution in [3.05, 3.63) is 19.6 Å². The zero-order valence-electron chi connectivity index (χ0n) is 5.69. The first-order valence-electron chi connectivity index (χ1n) is 3.23. The molecular formula is C8H15. The molecule has 0 amide bonds. The van der Waals surface area contributed by atoms with Crippen molar-refractivity contribution in [3.63, 3.8) is 0 Å². The predicted octanol–water partition coefficient (Wildman–Crippen LogP) is 2.81. The highest BCUT2D eigenvalue weighted by Gasteiger charge is 1.91. The van der Waals surface area contributed by atoms with Crippen LogP contribution < -0.4 is 0 Å². The van der Waals surface area contributed by atoms with Gasteiger partial charge < -0.3 is 0 Å². The standard InChI is InChI=1S/C8H15/c1-4-6-7-8(3)5-2/h5,8H,1-2,4,6-7H2,3H3. The lowest BCUT2D eigenvalue weighted by Gasteiger charge is -2.00. The zero-order chi connectivity index (χ0) is 6.41. The molecule has 0 aliphatic carbocycles. The van der Waals surface area contributed by atoms with Gasteiger partial charge in [0.15, 0.2) is 0 Å². The van der Waals surface area contributed by atoms with E-state index in [0.29, 0.717) is 5.92 Å². The number of hydrogen-bond acceptors (Lipinski definition) is 0. The van der Waals surface area contributed by atoms with Gasteiger partial charge >= 0.3 is 0 Å². The first kappa shape index (κ1) is 7.74. The smallest absolute Gasteiger partial charge is 0.0265 e. The second-order valence-corrected chi connectivity index (χ2v) is 2.21. The Morgan fingerprint density at radius 3 is 2.62 bits per heavy atom. The molecule has 0 rings (SSSR count). The number of allylic oxidation sites excluding steroid dienone is 1. The molecule has 0 aromatic carbocycles. The molecule has 1 radical (unpaired) electrons. The van der Waals surface area contributed by atoms with Crippen molar-refractivity contribution in [2.75, 3.05) is 0 Å². The van der Waals surface area contributed by atoms with Crippen LogP contribution in [0.3, 0.4) is 0 Å². The maximum Gasteiger partial charge on any atom is -0.0265 e. The summed E-state index contributed by atoms with van der Waals surface area (Å²) in [5.74, 6) is 0.678. The largest absolute Gasteiger partial charge is 0.103 e. The van der Waals surface area contributed by atoms with Crippen molar-refractivity contribution < 1.29 is 0 Å². The van der Waals surface area contributed by atoms with E-state index >= 15 is 0 Å². The first-order chi connectivity index (χ1) is 3.81. The summed E-state index contributed by atoms with van der Waals surface area (Å²) in [5.41, 5.74) is 0. The van der Waals surface area contributed by atoms with E-state index in [-0.39, 0.29) is 0 Å². The van der Waals surface area contributed by atoms with Crippen LogP contribution in [0.25, 0.3) is 0 Å². The van der Waals surface area contributed by atoms with Crippen molar-refractivity contribution >= 4 is 0 Å². The molecule has 0 aliphatic heterocycles. The monoisotopic (exact) mass is 111 g/mol. The molecule has 8 heavy (non-hydrogen) atoms. The van der Waals surface area contributed by atoms with Gasteiger partial charge in [-0.2, -0.15) is 0 Å². The van der Waals surface area contributed by atoms with Gasteiger partial charge in [-0.1, -0.05) is 32.8 Å². The van der Waals surface area contributed by atoms with Gasteiger partial charge in [-0.25, -0.2) is 0 Å². The molecule has 0 saturated carbocycles. The molecule has 1 atom stereocenters. The molecule has 0 N–H and O–H groups in total. The minimum atomic E-state index is 0.678. The van der Waals surface area contributed by atoms with Crippen LogP contribution in [0.15, 0.2) is 12.7 Å². The molecule has 0 aliphatic rings. The van der Waals surface area contributed by atoms with Crippen LogP contribution in [0.2, 0.25) is 0 Å². The molecule has 0 heteroatoms. The van der Waals surface area contributed by atoms with Crippen molar-refractivity contribution in [1.82, 2.24) is 0 Å². The summed E-state index contributed by atoms with van der Waals surface area (Å²) in [5, 5.41) is 0. The highest BCUT2D eigenvalue weighted by atomic mass is 14.0. The van der Waals surface area contributed by atoms with Crippen LogP contribution in [-0.2, 0) is 0 Å². The highest BCUT2D eigenvalue weighted by molar-refractivity contribution is 4.74. The van der Waals surface area contributed by atoms with Gasteiger partial charge in [0, 0.05) is 0 Å². The van der Waals surface area contributed by atoms with Gasteiger partial charge in [0.1, 0.15) is 0 Å². The fraction of sp³-hybridized carbons (Fsp3) is 0.625. The number of unbranched alkanes of at least 4 members (excludes halogenated alkanes) is 1. The first-order valence-corrected chi connectivity index (χ1v) is 3.23. The lowest BCUT2D eigenvalue weighted by molar-refractivity contribution is 0.612. The Hall–Kier alpha value is -0.260. The van der Waals surface area contributed by atoms with Gasteiger partial charge in [-0.05, 0) is 12.3 Å². The van der Waals surface area contributed by atoms with E-state index in [9.17, 15) is 0 Å². The Bertz CT molecular complexity index is 55.1. The van der Waals surface area contributed by atoms with E-state index in [1.165, 1.54) is 12.8 Å². The molecule has 47 valence electrons. The highest BCUT2D eigenvalue weighted by Crippen LogP contribution is 2.06. The maximum absolute atomic E-state index is 3.76. The van der Waals surface area contributed by atoms with Crippen LogP contribution in [0.4, 0.5) is 0 Å². The topological polar surface area (TPSA) is 0 Å². The maximum atomic E-state index is 3.76. The summed E-state index contributed by atoms with van der Waals surface area (Å²) in [6.45, 7) is 9.63. The molecule has 0 saturated heterocycles. The van der Waals surface area contributed by atoms with Crippen LogP contribution in [0, 0.1) is 12.8 Å². The molecule has 0 heterocycles. The van der Waals surface area contributed by atoms with Gasteiger partial charge in [-0.15, -0.1) is 6.58 Å². The normalized spacial score (nSPS) is 13.2. The molecule has 0 nitrogen and oxygen atoms in total. The van der Waals surface area contributed by atoms with Gasteiger partial charge in [0.05, 0.1) is 0 Å². The van der Waals surface area contributed by atoms with Crippen LogP contribution in [-0.4, -0.2) is 0 Å². The summed E-state index contributed by atoms with van der Waals surface area (Å²) >= 11 is 0. The van der Waals surface area contributed by atoms with E-state index in [1.807, 2.05) is 6.08 Å². The minimum absolute atomic E-state index is 0.678. The molecule has 0 fully saturated rings. The van der Waals surface area contributed by atoms with Gasteiger partial charge in [0.2, 0.25) is 0 Å². The van der Waals surface area contributed by atoms with Crippen molar-refractivity contribution in [2.45, 2.75) is 26.2 Å². The van der Waals surface area contributed by atoms with Crippen molar-refractivity contribution in [1.29, 1.82) is 0 Å². The summed E-state index contributed by atoms with van der Waals surface area (Å²) in [7, 11) is 0. The summed E-state index contributed by atoms with van der Waals surface area (Å²) < 4.78 is 0. The summed E-state index contributed by atoms with van der Waals surface area (Å²) in [4.78, 5) is 0. The third-order valence-electron chi connectivity index (χ3n) is 1.31. The van der Waals surface area contributed by atoms with E-state index in [1.54, 1.807) is 0 Å². The van der Waals surface area contributed by atoms with Crippen molar-refractivity contribution in [2.24, 2.45) is 5.92 Å².